The zero-order valence-corrected chi connectivity index (χ0v) is 20.7. The van der Waals surface area contributed by atoms with Crippen LogP contribution in [0.4, 0.5) is 0 Å². The minimum atomic E-state index is -0.199. The van der Waals surface area contributed by atoms with Crippen LogP contribution >= 0.6 is 0 Å². The number of hydrogen-bond acceptors (Lipinski definition) is 4. The average molecular weight is 471 g/mol. The van der Waals surface area contributed by atoms with Crippen molar-refractivity contribution in [3.8, 4) is 11.5 Å². The van der Waals surface area contributed by atoms with Gasteiger partial charge in [0, 0.05) is 23.9 Å². The van der Waals surface area contributed by atoms with Gasteiger partial charge in [0.1, 0.15) is 11.5 Å². The molecule has 35 heavy (non-hydrogen) atoms. The van der Waals surface area contributed by atoms with Crippen molar-refractivity contribution in [2.24, 2.45) is 5.92 Å². The van der Waals surface area contributed by atoms with Crippen LogP contribution in [-0.2, 0) is 16.6 Å². The fourth-order valence-electron chi connectivity index (χ4n) is 4.88. The molecule has 182 valence electrons. The van der Waals surface area contributed by atoms with Crippen LogP contribution in [0.15, 0.2) is 85.2 Å². The summed E-state index contributed by atoms with van der Waals surface area (Å²) in [4.78, 5) is 16.8. The maximum absolute atomic E-state index is 12.7. The van der Waals surface area contributed by atoms with Gasteiger partial charge in [-0.3, -0.25) is 9.78 Å². The van der Waals surface area contributed by atoms with Crippen molar-refractivity contribution in [2.45, 2.75) is 44.1 Å². The van der Waals surface area contributed by atoms with E-state index in [1.54, 1.807) is 26.5 Å². The second-order valence-corrected chi connectivity index (χ2v) is 9.27. The summed E-state index contributed by atoms with van der Waals surface area (Å²) in [6, 6.07) is 20.6. The van der Waals surface area contributed by atoms with Gasteiger partial charge in [0.05, 0.1) is 14.2 Å². The van der Waals surface area contributed by atoms with Gasteiger partial charge in [0.2, 0.25) is 5.91 Å². The van der Waals surface area contributed by atoms with Crippen molar-refractivity contribution in [2.75, 3.05) is 14.2 Å². The number of pyridine rings is 1. The lowest BCUT2D eigenvalue weighted by Gasteiger charge is -2.20. The third-order valence-corrected chi connectivity index (χ3v) is 6.88. The van der Waals surface area contributed by atoms with Gasteiger partial charge in [0.15, 0.2) is 0 Å². The first-order chi connectivity index (χ1) is 17.0. The highest BCUT2D eigenvalue weighted by Gasteiger charge is 2.55. The van der Waals surface area contributed by atoms with Crippen LogP contribution in [0, 0.1) is 5.92 Å². The molecule has 1 aromatic heterocycles. The maximum Gasteiger partial charge on any atom is 0.243 e. The molecule has 1 aliphatic carbocycles. The number of hydrogen-bond donors (Lipinski definition) is 1. The molecule has 4 rings (SSSR count). The van der Waals surface area contributed by atoms with Crippen LogP contribution < -0.4 is 14.8 Å². The molecule has 2 atom stereocenters. The number of allylic oxidation sites excluding steroid dienone is 1. The molecule has 0 saturated heterocycles. The van der Waals surface area contributed by atoms with Gasteiger partial charge in [0.25, 0.3) is 0 Å². The monoisotopic (exact) mass is 470 g/mol. The number of rotatable bonds is 11. The van der Waals surface area contributed by atoms with Gasteiger partial charge in [-0.15, -0.1) is 0 Å². The SMILES string of the molecule is COc1cccc(C2(c3cccc(OC)c3)C[C@@H]2/C=C/C(=O)N[C@@H](C)CCCc2cccnc2)c1. The van der Waals surface area contributed by atoms with Crippen molar-refractivity contribution in [1.82, 2.24) is 10.3 Å². The number of amides is 1. The van der Waals surface area contributed by atoms with Crippen LogP contribution in [0.2, 0.25) is 0 Å². The van der Waals surface area contributed by atoms with E-state index in [0.717, 1.165) is 37.2 Å². The predicted octanol–water partition coefficient (Wildman–Crippen LogP) is 5.49. The number of benzene rings is 2. The van der Waals surface area contributed by atoms with Crippen LogP contribution in [0.1, 0.15) is 42.9 Å². The fourth-order valence-corrected chi connectivity index (χ4v) is 4.88. The molecule has 1 amide bonds. The zero-order valence-electron chi connectivity index (χ0n) is 20.7. The Kier molecular flexibility index (Phi) is 7.86. The van der Waals surface area contributed by atoms with Crippen molar-refractivity contribution >= 4 is 5.91 Å². The van der Waals surface area contributed by atoms with Crippen molar-refractivity contribution in [1.29, 1.82) is 0 Å². The number of nitrogens with one attached hydrogen (secondary N) is 1. The fraction of sp³-hybridized carbons (Fsp3) is 0.333. The molecule has 1 heterocycles. The van der Waals surface area contributed by atoms with E-state index in [9.17, 15) is 4.79 Å². The van der Waals surface area contributed by atoms with E-state index in [4.69, 9.17) is 9.47 Å². The summed E-state index contributed by atoms with van der Waals surface area (Å²) in [6.45, 7) is 2.06. The van der Waals surface area contributed by atoms with E-state index in [1.807, 2.05) is 36.5 Å². The number of ether oxygens (including phenoxy) is 2. The Labute approximate surface area is 208 Å². The Hall–Kier alpha value is -3.60. The molecular formula is C30H34N2O3. The number of carbonyl (C=O) groups is 1. The standard InChI is InChI=1S/C30H34N2O3/c1-22(8-4-9-23-10-7-17-31-21-23)32-29(33)16-15-26-20-30(26,24-11-5-13-27(18-24)34-2)25-12-6-14-28(19-25)35-3/h5-7,10-19,21-22,26H,4,8-9,20H2,1-3H3,(H,32,33)/b16-15+/t22-,26-/m0/s1. The molecule has 0 bridgehead atoms. The lowest BCUT2D eigenvalue weighted by atomic mass is 9.85. The highest BCUT2D eigenvalue weighted by atomic mass is 16.5. The van der Waals surface area contributed by atoms with Crippen molar-refractivity contribution < 1.29 is 14.3 Å². The molecule has 1 N–H and O–H groups in total. The molecule has 0 spiro atoms. The van der Waals surface area contributed by atoms with Gasteiger partial charge >= 0.3 is 0 Å². The van der Waals surface area contributed by atoms with E-state index in [1.165, 1.54) is 16.7 Å². The highest BCUT2D eigenvalue weighted by molar-refractivity contribution is 5.87. The molecule has 5 heteroatoms. The molecule has 0 aliphatic heterocycles. The summed E-state index contributed by atoms with van der Waals surface area (Å²) in [5.74, 6) is 1.83. The van der Waals surface area contributed by atoms with Gasteiger partial charge in [-0.1, -0.05) is 36.4 Å². The molecule has 5 nitrogen and oxygen atoms in total. The minimum Gasteiger partial charge on any atom is -0.497 e. The average Bonchev–Trinajstić information content (AvgIpc) is 3.64. The van der Waals surface area contributed by atoms with Crippen molar-refractivity contribution in [3.63, 3.8) is 0 Å². The van der Waals surface area contributed by atoms with E-state index >= 15 is 0 Å². The number of nitrogens with zero attached hydrogens (tertiary/aromatic N) is 1. The Morgan fingerprint density at radius 1 is 1.09 bits per heavy atom. The second kappa shape index (κ2) is 11.2. The van der Waals surface area contributed by atoms with Crippen LogP contribution in [0.5, 0.6) is 11.5 Å². The molecule has 0 unspecified atom stereocenters. The van der Waals surface area contributed by atoms with Gasteiger partial charge < -0.3 is 14.8 Å². The molecule has 1 aliphatic rings. The smallest absolute Gasteiger partial charge is 0.243 e. The number of methoxy groups -OCH3 is 2. The summed E-state index contributed by atoms with van der Waals surface area (Å²) in [5, 5.41) is 3.11. The summed E-state index contributed by atoms with van der Waals surface area (Å²) >= 11 is 0. The summed E-state index contributed by atoms with van der Waals surface area (Å²) in [5.41, 5.74) is 3.40. The molecular weight excluding hydrogens is 436 g/mol. The maximum atomic E-state index is 12.7. The largest absolute Gasteiger partial charge is 0.497 e. The van der Waals surface area contributed by atoms with Gasteiger partial charge in [-0.05, 0) is 91.6 Å². The van der Waals surface area contributed by atoms with Gasteiger partial charge in [-0.25, -0.2) is 0 Å². The first kappa shape index (κ1) is 24.5. The topological polar surface area (TPSA) is 60.5 Å². The van der Waals surface area contributed by atoms with E-state index in [0.29, 0.717) is 0 Å². The lowest BCUT2D eigenvalue weighted by molar-refractivity contribution is -0.117. The third-order valence-electron chi connectivity index (χ3n) is 6.88. The Bertz CT molecular complexity index is 1110. The zero-order chi connectivity index (χ0) is 24.7. The first-order valence-corrected chi connectivity index (χ1v) is 12.2. The number of aromatic nitrogens is 1. The highest BCUT2D eigenvalue weighted by Crippen LogP contribution is 2.60. The van der Waals surface area contributed by atoms with Crippen molar-refractivity contribution in [3.05, 3.63) is 102 Å². The Balaban J connectivity index is 1.41. The molecule has 1 saturated carbocycles. The number of aryl methyl sites for hydroxylation is 1. The minimum absolute atomic E-state index is 0.0454. The second-order valence-electron chi connectivity index (χ2n) is 9.27. The van der Waals surface area contributed by atoms with Gasteiger partial charge in [-0.2, -0.15) is 0 Å². The molecule has 1 fully saturated rings. The number of carbonyl (C=O) groups excluding carboxylic acids is 1. The van der Waals surface area contributed by atoms with E-state index in [2.05, 4.69) is 53.6 Å². The molecule has 2 aromatic carbocycles. The molecule has 0 radical (unpaired) electrons. The quantitative estimate of drug-likeness (QED) is 0.377. The lowest BCUT2D eigenvalue weighted by Crippen LogP contribution is -2.31. The van der Waals surface area contributed by atoms with Crippen LogP contribution in [-0.4, -0.2) is 31.2 Å². The predicted molar refractivity (Wildman–Crippen MR) is 139 cm³/mol. The normalized spacial score (nSPS) is 17.1. The van der Waals surface area contributed by atoms with Crippen LogP contribution in [0.3, 0.4) is 0 Å². The first-order valence-electron chi connectivity index (χ1n) is 12.2. The summed E-state index contributed by atoms with van der Waals surface area (Å²) < 4.78 is 11.0. The third kappa shape index (κ3) is 5.91. The summed E-state index contributed by atoms with van der Waals surface area (Å²) in [6.07, 6.45) is 11.3. The van der Waals surface area contributed by atoms with E-state index < -0.39 is 0 Å². The van der Waals surface area contributed by atoms with E-state index in [-0.39, 0.29) is 23.3 Å². The van der Waals surface area contributed by atoms with Crippen LogP contribution in [0.25, 0.3) is 0 Å². The Morgan fingerprint density at radius 2 is 1.77 bits per heavy atom. The Morgan fingerprint density at radius 3 is 2.37 bits per heavy atom. The molecule has 3 aromatic rings. The summed E-state index contributed by atoms with van der Waals surface area (Å²) in [7, 11) is 3.37.